The Morgan fingerprint density at radius 2 is 2.00 bits per heavy atom. The molecule has 3 N–H and O–H groups in total. The summed E-state index contributed by atoms with van der Waals surface area (Å²) in [5, 5.41) is 15.1. The summed E-state index contributed by atoms with van der Waals surface area (Å²) in [5.74, 6) is -1.07. The summed E-state index contributed by atoms with van der Waals surface area (Å²) >= 11 is 0. The number of carbonyl (C=O) groups is 2. The third kappa shape index (κ3) is 3.43. The third-order valence-corrected chi connectivity index (χ3v) is 3.74. The molecule has 0 aromatic heterocycles. The van der Waals surface area contributed by atoms with Gasteiger partial charge in [0.05, 0.1) is 18.6 Å². The number of carboxylic acid groups (broad SMARTS) is 1. The molecule has 2 heterocycles. The number of amides is 1. The second kappa shape index (κ2) is 6.31. The van der Waals surface area contributed by atoms with Crippen molar-refractivity contribution in [2.45, 2.75) is 18.9 Å². The molecule has 1 amide bonds. The molecule has 1 atom stereocenters. The van der Waals surface area contributed by atoms with Crippen molar-refractivity contribution in [3.8, 4) is 0 Å². The van der Waals surface area contributed by atoms with Crippen molar-refractivity contribution in [2.24, 2.45) is 5.41 Å². The van der Waals surface area contributed by atoms with Gasteiger partial charge in [-0.3, -0.25) is 9.59 Å². The van der Waals surface area contributed by atoms with Crippen LogP contribution >= 0.6 is 0 Å². The Hall–Kier alpha value is -1.18. The normalized spacial score (nSPS) is 26.6. The van der Waals surface area contributed by atoms with E-state index >= 15 is 0 Å². The van der Waals surface area contributed by atoms with E-state index in [1.807, 2.05) is 0 Å². The molecule has 2 aliphatic rings. The maximum Gasteiger partial charge on any atom is 0.311 e. The van der Waals surface area contributed by atoms with E-state index in [2.05, 4.69) is 10.6 Å². The molecule has 108 valence electrons. The van der Waals surface area contributed by atoms with Crippen LogP contribution in [0.4, 0.5) is 0 Å². The van der Waals surface area contributed by atoms with Crippen molar-refractivity contribution in [1.29, 1.82) is 0 Å². The van der Waals surface area contributed by atoms with Crippen LogP contribution in [0.2, 0.25) is 0 Å². The number of hydrogen-bond acceptors (Lipinski definition) is 5. The Morgan fingerprint density at radius 3 is 2.58 bits per heavy atom. The highest BCUT2D eigenvalue weighted by Crippen LogP contribution is 2.30. The van der Waals surface area contributed by atoms with E-state index in [9.17, 15) is 14.7 Å². The van der Waals surface area contributed by atoms with E-state index in [4.69, 9.17) is 9.47 Å². The molecule has 0 aromatic rings. The SMILES string of the molecule is O=C(NCC1(C(=O)O)CCOCC1)C1COCCN1. The van der Waals surface area contributed by atoms with Crippen molar-refractivity contribution < 1.29 is 24.2 Å². The highest BCUT2D eigenvalue weighted by molar-refractivity contribution is 5.83. The van der Waals surface area contributed by atoms with Crippen molar-refractivity contribution in [3.05, 3.63) is 0 Å². The van der Waals surface area contributed by atoms with Crippen molar-refractivity contribution >= 4 is 11.9 Å². The number of rotatable bonds is 4. The second-order valence-electron chi connectivity index (χ2n) is 5.00. The van der Waals surface area contributed by atoms with Crippen molar-refractivity contribution in [3.63, 3.8) is 0 Å². The number of aliphatic carboxylic acids is 1. The fourth-order valence-corrected chi connectivity index (χ4v) is 2.34. The first-order valence-electron chi connectivity index (χ1n) is 6.54. The van der Waals surface area contributed by atoms with Gasteiger partial charge < -0.3 is 25.2 Å². The Labute approximate surface area is 111 Å². The molecule has 2 saturated heterocycles. The number of carboxylic acids is 1. The lowest BCUT2D eigenvalue weighted by Gasteiger charge is -2.34. The third-order valence-electron chi connectivity index (χ3n) is 3.74. The lowest BCUT2D eigenvalue weighted by atomic mass is 9.80. The van der Waals surface area contributed by atoms with E-state index in [0.717, 1.165) is 0 Å². The maximum atomic E-state index is 11.9. The highest BCUT2D eigenvalue weighted by atomic mass is 16.5. The maximum absolute atomic E-state index is 11.9. The summed E-state index contributed by atoms with van der Waals surface area (Å²) in [7, 11) is 0. The molecule has 0 spiro atoms. The second-order valence-corrected chi connectivity index (χ2v) is 5.00. The number of nitrogens with one attached hydrogen (secondary N) is 2. The minimum Gasteiger partial charge on any atom is -0.481 e. The van der Waals surface area contributed by atoms with E-state index in [1.54, 1.807) is 0 Å². The Bertz CT molecular complexity index is 335. The molecule has 2 fully saturated rings. The summed E-state index contributed by atoms with van der Waals surface area (Å²) in [4.78, 5) is 23.3. The standard InChI is InChI=1S/C12H20N2O5/c15-10(9-7-19-6-3-13-9)14-8-12(11(16)17)1-4-18-5-2-12/h9,13H,1-8H2,(H,14,15)(H,16,17). The Balaban J connectivity index is 1.87. The zero-order chi connectivity index (χ0) is 13.7. The van der Waals surface area contributed by atoms with Crippen LogP contribution in [0, 0.1) is 5.41 Å². The van der Waals surface area contributed by atoms with Crippen LogP contribution in [0.1, 0.15) is 12.8 Å². The fraction of sp³-hybridized carbons (Fsp3) is 0.833. The van der Waals surface area contributed by atoms with Gasteiger partial charge in [0.1, 0.15) is 6.04 Å². The molecule has 0 saturated carbocycles. The molecule has 0 aliphatic carbocycles. The van der Waals surface area contributed by atoms with Gasteiger partial charge in [-0.05, 0) is 12.8 Å². The molecule has 2 rings (SSSR count). The van der Waals surface area contributed by atoms with Crippen LogP contribution < -0.4 is 10.6 Å². The fourth-order valence-electron chi connectivity index (χ4n) is 2.34. The van der Waals surface area contributed by atoms with Crippen LogP contribution in [0.5, 0.6) is 0 Å². The average Bonchev–Trinajstić information content (AvgIpc) is 2.46. The van der Waals surface area contributed by atoms with Crippen LogP contribution in [-0.2, 0) is 19.1 Å². The monoisotopic (exact) mass is 272 g/mol. The molecule has 0 radical (unpaired) electrons. The number of ether oxygens (including phenoxy) is 2. The van der Waals surface area contributed by atoms with Crippen LogP contribution in [0.25, 0.3) is 0 Å². The first-order valence-corrected chi connectivity index (χ1v) is 6.54. The molecule has 0 aromatic carbocycles. The zero-order valence-corrected chi connectivity index (χ0v) is 10.8. The van der Waals surface area contributed by atoms with Crippen LogP contribution in [0.15, 0.2) is 0 Å². The smallest absolute Gasteiger partial charge is 0.311 e. The van der Waals surface area contributed by atoms with Crippen molar-refractivity contribution in [1.82, 2.24) is 10.6 Å². The molecular weight excluding hydrogens is 252 g/mol. The summed E-state index contributed by atoms with van der Waals surface area (Å²) < 4.78 is 10.4. The van der Waals surface area contributed by atoms with Gasteiger partial charge in [-0.2, -0.15) is 0 Å². The summed E-state index contributed by atoms with van der Waals surface area (Å²) in [5.41, 5.74) is -0.899. The first kappa shape index (κ1) is 14.2. The molecule has 0 bridgehead atoms. The van der Waals surface area contributed by atoms with Gasteiger partial charge in [0.2, 0.25) is 5.91 Å². The van der Waals surface area contributed by atoms with Gasteiger partial charge in [-0.15, -0.1) is 0 Å². The number of morpholine rings is 1. The largest absolute Gasteiger partial charge is 0.481 e. The highest BCUT2D eigenvalue weighted by Gasteiger charge is 2.40. The van der Waals surface area contributed by atoms with Crippen LogP contribution in [0.3, 0.4) is 0 Å². The number of carbonyl (C=O) groups excluding carboxylic acids is 1. The molecule has 7 heteroatoms. The quantitative estimate of drug-likeness (QED) is 0.605. The van der Waals surface area contributed by atoms with E-state index in [1.165, 1.54) is 0 Å². The Kier molecular flexibility index (Phi) is 4.73. The van der Waals surface area contributed by atoms with Gasteiger partial charge >= 0.3 is 5.97 Å². The topological polar surface area (TPSA) is 96.9 Å². The minimum atomic E-state index is -0.899. The van der Waals surface area contributed by atoms with Gasteiger partial charge in [0.25, 0.3) is 0 Å². The Morgan fingerprint density at radius 1 is 1.26 bits per heavy atom. The number of hydrogen-bond donors (Lipinski definition) is 3. The summed E-state index contributed by atoms with van der Waals surface area (Å²) in [6, 6.07) is -0.389. The lowest BCUT2D eigenvalue weighted by Crippen LogP contribution is -2.54. The lowest BCUT2D eigenvalue weighted by molar-refractivity contribution is -0.154. The van der Waals surface area contributed by atoms with Crippen LogP contribution in [-0.4, -0.2) is 62.5 Å². The van der Waals surface area contributed by atoms with Gasteiger partial charge in [0, 0.05) is 26.3 Å². The van der Waals surface area contributed by atoms with Gasteiger partial charge in [0.15, 0.2) is 0 Å². The van der Waals surface area contributed by atoms with E-state index in [-0.39, 0.29) is 18.5 Å². The van der Waals surface area contributed by atoms with Gasteiger partial charge in [-0.1, -0.05) is 0 Å². The minimum absolute atomic E-state index is 0.142. The molecule has 1 unspecified atom stereocenters. The summed E-state index contributed by atoms with van der Waals surface area (Å²) in [6.07, 6.45) is 0.856. The molecule has 19 heavy (non-hydrogen) atoms. The predicted octanol–water partition coefficient (Wildman–Crippen LogP) is -1.03. The molecular formula is C12H20N2O5. The summed E-state index contributed by atoms with van der Waals surface area (Å²) in [6.45, 7) is 2.55. The van der Waals surface area contributed by atoms with E-state index < -0.39 is 11.4 Å². The van der Waals surface area contributed by atoms with Crippen molar-refractivity contribution in [2.75, 3.05) is 39.5 Å². The van der Waals surface area contributed by atoms with Gasteiger partial charge in [-0.25, -0.2) is 0 Å². The molecule has 7 nitrogen and oxygen atoms in total. The zero-order valence-electron chi connectivity index (χ0n) is 10.8. The average molecular weight is 272 g/mol. The molecule has 2 aliphatic heterocycles. The first-order chi connectivity index (χ1) is 9.14. The predicted molar refractivity (Wildman–Crippen MR) is 65.7 cm³/mol. The van der Waals surface area contributed by atoms with E-state index in [0.29, 0.717) is 45.8 Å².